The second-order valence-electron chi connectivity index (χ2n) is 8.05. The van der Waals surface area contributed by atoms with E-state index < -0.39 is 10.0 Å². The molecule has 0 radical (unpaired) electrons. The summed E-state index contributed by atoms with van der Waals surface area (Å²) in [5.74, 6) is -0.299. The van der Waals surface area contributed by atoms with Gasteiger partial charge < -0.3 is 5.32 Å². The maximum absolute atomic E-state index is 13.4. The summed E-state index contributed by atoms with van der Waals surface area (Å²) < 4.78 is 28.0. The molecule has 1 N–H and O–H groups in total. The van der Waals surface area contributed by atoms with Gasteiger partial charge in [-0.2, -0.15) is 0 Å². The highest BCUT2D eigenvalue weighted by Gasteiger charge is 2.27. The van der Waals surface area contributed by atoms with E-state index in [1.807, 2.05) is 26.0 Å². The quantitative estimate of drug-likeness (QED) is 0.572. The molecule has 1 aliphatic carbocycles. The van der Waals surface area contributed by atoms with E-state index in [1.165, 1.54) is 22.7 Å². The normalized spacial score (nSPS) is 14.1. The Labute approximate surface area is 186 Å². The van der Waals surface area contributed by atoms with Gasteiger partial charge in [0, 0.05) is 6.54 Å². The highest BCUT2D eigenvalue weighted by molar-refractivity contribution is 7.92. The topological polar surface area (TPSA) is 66.5 Å². The minimum atomic E-state index is -3.87. The largest absolute Gasteiger partial charge is 0.354 e. The van der Waals surface area contributed by atoms with E-state index in [2.05, 4.69) is 11.4 Å². The van der Waals surface area contributed by atoms with Crippen molar-refractivity contribution in [3.05, 3.63) is 71.3 Å². The lowest BCUT2D eigenvalue weighted by Crippen LogP contribution is -2.41. The number of nitrogens with one attached hydrogen (secondary N) is 1. The summed E-state index contributed by atoms with van der Waals surface area (Å²) in [6.07, 6.45) is 8.59. The fourth-order valence-electron chi connectivity index (χ4n) is 3.73. The number of hydrogen-bond acceptors (Lipinski definition) is 3. The number of amides is 1. The van der Waals surface area contributed by atoms with Crippen LogP contribution in [0, 0.1) is 6.92 Å². The number of carbonyl (C=O) groups is 1. The molecule has 0 saturated heterocycles. The minimum absolute atomic E-state index is 0.179. The van der Waals surface area contributed by atoms with Crippen LogP contribution in [-0.2, 0) is 21.2 Å². The van der Waals surface area contributed by atoms with E-state index in [0.29, 0.717) is 12.2 Å². The molecule has 6 heteroatoms. The van der Waals surface area contributed by atoms with Crippen LogP contribution in [0.4, 0.5) is 5.69 Å². The summed E-state index contributed by atoms with van der Waals surface area (Å²) in [5, 5.41) is 2.90. The summed E-state index contributed by atoms with van der Waals surface area (Å²) in [5.41, 5.74) is 3.96. The molecule has 1 aliphatic rings. The predicted molar refractivity (Wildman–Crippen MR) is 126 cm³/mol. The third-order valence-electron chi connectivity index (χ3n) is 5.68. The lowest BCUT2D eigenvalue weighted by molar-refractivity contribution is -0.119. The average molecular weight is 441 g/mol. The Morgan fingerprint density at radius 3 is 2.35 bits per heavy atom. The van der Waals surface area contributed by atoms with Crippen LogP contribution >= 0.6 is 0 Å². The van der Waals surface area contributed by atoms with Crippen LogP contribution in [0.25, 0.3) is 0 Å². The Bertz CT molecular complexity index is 1010. The van der Waals surface area contributed by atoms with Crippen LogP contribution in [0.2, 0.25) is 0 Å². The fraction of sp³-hybridized carbons (Fsp3) is 0.400. The van der Waals surface area contributed by atoms with E-state index in [-0.39, 0.29) is 17.3 Å². The molecular formula is C25H32N2O3S. The smallest absolute Gasteiger partial charge is 0.264 e. The standard InChI is InChI=1S/C25H32N2O3S/c1-3-21-11-13-23(14-12-21)27(31(29,30)24-15-9-20(2)10-16-24)19-25(28)26-18-17-22-7-5-4-6-8-22/h7,9-16H,3-6,8,17-19H2,1-2H3,(H,26,28). The van der Waals surface area contributed by atoms with Crippen LogP contribution in [-0.4, -0.2) is 27.4 Å². The Morgan fingerprint density at radius 2 is 1.74 bits per heavy atom. The number of sulfonamides is 1. The van der Waals surface area contributed by atoms with E-state index in [9.17, 15) is 13.2 Å². The minimum Gasteiger partial charge on any atom is -0.354 e. The maximum atomic E-state index is 13.4. The SMILES string of the molecule is CCc1ccc(N(CC(=O)NCCC2=CCCCC2)S(=O)(=O)c2ccc(C)cc2)cc1. The Balaban J connectivity index is 1.77. The third kappa shape index (κ3) is 6.20. The second-order valence-corrected chi connectivity index (χ2v) is 9.92. The highest BCUT2D eigenvalue weighted by atomic mass is 32.2. The lowest BCUT2D eigenvalue weighted by Gasteiger charge is -2.24. The molecule has 5 nitrogen and oxygen atoms in total. The molecule has 166 valence electrons. The zero-order chi connectivity index (χ0) is 22.3. The molecule has 0 unspecified atom stereocenters. The molecule has 0 spiro atoms. The lowest BCUT2D eigenvalue weighted by atomic mass is 9.97. The Kier molecular flexibility index (Phi) is 7.91. The van der Waals surface area contributed by atoms with E-state index in [1.54, 1.807) is 36.4 Å². The van der Waals surface area contributed by atoms with Gasteiger partial charge in [0.05, 0.1) is 10.6 Å². The van der Waals surface area contributed by atoms with E-state index in [4.69, 9.17) is 0 Å². The molecule has 0 saturated carbocycles. The van der Waals surface area contributed by atoms with Gasteiger partial charge in [-0.25, -0.2) is 8.42 Å². The van der Waals surface area contributed by atoms with Crippen molar-refractivity contribution < 1.29 is 13.2 Å². The highest BCUT2D eigenvalue weighted by Crippen LogP contribution is 2.25. The number of nitrogens with zero attached hydrogens (tertiary/aromatic N) is 1. The second kappa shape index (κ2) is 10.6. The summed E-state index contributed by atoms with van der Waals surface area (Å²) in [6.45, 7) is 4.23. The van der Waals surface area contributed by atoms with Crippen molar-refractivity contribution in [3.63, 3.8) is 0 Å². The van der Waals surface area contributed by atoms with Crippen molar-refractivity contribution in [3.8, 4) is 0 Å². The number of aryl methyl sites for hydroxylation is 2. The van der Waals surface area contributed by atoms with Gasteiger partial charge in [-0.3, -0.25) is 9.10 Å². The molecule has 0 atom stereocenters. The number of allylic oxidation sites excluding steroid dienone is 1. The number of carbonyl (C=O) groups excluding carboxylic acids is 1. The molecule has 0 aliphatic heterocycles. The molecule has 2 aromatic rings. The Morgan fingerprint density at radius 1 is 1.03 bits per heavy atom. The van der Waals surface area contributed by atoms with Gasteiger partial charge in [0.25, 0.3) is 10.0 Å². The van der Waals surface area contributed by atoms with Gasteiger partial charge in [0.1, 0.15) is 6.54 Å². The van der Waals surface area contributed by atoms with Crippen molar-refractivity contribution in [2.75, 3.05) is 17.4 Å². The van der Waals surface area contributed by atoms with Crippen molar-refractivity contribution in [1.82, 2.24) is 5.32 Å². The van der Waals surface area contributed by atoms with Crippen molar-refractivity contribution in [1.29, 1.82) is 0 Å². The summed E-state index contributed by atoms with van der Waals surface area (Å²) >= 11 is 0. The third-order valence-corrected chi connectivity index (χ3v) is 7.47. The van der Waals surface area contributed by atoms with Crippen molar-refractivity contribution in [2.24, 2.45) is 0 Å². The molecule has 31 heavy (non-hydrogen) atoms. The Hall–Kier alpha value is -2.60. The molecule has 0 heterocycles. The monoisotopic (exact) mass is 440 g/mol. The first-order chi connectivity index (χ1) is 14.9. The van der Waals surface area contributed by atoms with Crippen LogP contribution < -0.4 is 9.62 Å². The predicted octanol–water partition coefficient (Wildman–Crippen LogP) is 4.76. The molecular weight excluding hydrogens is 408 g/mol. The first-order valence-electron chi connectivity index (χ1n) is 11.0. The molecule has 0 aromatic heterocycles. The molecule has 0 bridgehead atoms. The summed E-state index contributed by atoms with van der Waals surface area (Å²) in [4.78, 5) is 12.9. The van der Waals surface area contributed by atoms with Crippen LogP contribution in [0.15, 0.2) is 65.1 Å². The van der Waals surface area contributed by atoms with Gasteiger partial charge in [0.2, 0.25) is 5.91 Å². The summed E-state index contributed by atoms with van der Waals surface area (Å²) in [7, 11) is -3.87. The molecule has 1 amide bonds. The maximum Gasteiger partial charge on any atom is 0.264 e. The van der Waals surface area contributed by atoms with Crippen molar-refractivity contribution >= 4 is 21.6 Å². The van der Waals surface area contributed by atoms with Gasteiger partial charge in [-0.05, 0) is 75.3 Å². The van der Waals surface area contributed by atoms with Gasteiger partial charge in [-0.1, -0.05) is 48.4 Å². The van der Waals surface area contributed by atoms with Gasteiger partial charge in [0.15, 0.2) is 0 Å². The van der Waals surface area contributed by atoms with Gasteiger partial charge in [-0.15, -0.1) is 0 Å². The van der Waals surface area contributed by atoms with E-state index in [0.717, 1.165) is 36.8 Å². The number of anilines is 1. The number of rotatable bonds is 9. The van der Waals surface area contributed by atoms with E-state index >= 15 is 0 Å². The number of benzene rings is 2. The molecule has 2 aromatic carbocycles. The average Bonchev–Trinajstić information content (AvgIpc) is 2.78. The fourth-order valence-corrected chi connectivity index (χ4v) is 5.15. The van der Waals surface area contributed by atoms with Crippen LogP contribution in [0.1, 0.15) is 50.2 Å². The van der Waals surface area contributed by atoms with Crippen LogP contribution in [0.3, 0.4) is 0 Å². The first-order valence-corrected chi connectivity index (χ1v) is 12.5. The zero-order valence-electron chi connectivity index (χ0n) is 18.4. The van der Waals surface area contributed by atoms with Crippen LogP contribution in [0.5, 0.6) is 0 Å². The summed E-state index contributed by atoms with van der Waals surface area (Å²) in [6, 6.07) is 14.1. The molecule has 0 fully saturated rings. The first kappa shape index (κ1) is 23.1. The molecule has 3 rings (SSSR count). The van der Waals surface area contributed by atoms with Gasteiger partial charge >= 0.3 is 0 Å². The number of hydrogen-bond donors (Lipinski definition) is 1. The van der Waals surface area contributed by atoms with Crippen molar-refractivity contribution in [2.45, 2.75) is 57.3 Å². The zero-order valence-corrected chi connectivity index (χ0v) is 19.2.